The Labute approximate surface area is 98.9 Å². The average Bonchev–Trinajstić information content (AvgIpc) is 3.06. The molecule has 1 aliphatic carbocycles. The molecule has 1 rings (SSSR count). The Balaban J connectivity index is 2.49. The molecule has 0 aromatic heterocycles. The van der Waals surface area contributed by atoms with Gasteiger partial charge in [-0.25, -0.2) is 0 Å². The Hall–Kier alpha value is -0.800. The third kappa shape index (κ3) is 4.52. The summed E-state index contributed by atoms with van der Waals surface area (Å²) in [5, 5.41) is 12.2. The van der Waals surface area contributed by atoms with E-state index in [4.69, 9.17) is 5.26 Å². The molecule has 0 aliphatic heterocycles. The highest BCUT2D eigenvalue weighted by Gasteiger charge is 2.46. The molecule has 0 saturated heterocycles. The van der Waals surface area contributed by atoms with E-state index in [-0.39, 0.29) is 12.5 Å². The lowest BCUT2D eigenvalue weighted by Crippen LogP contribution is -2.50. The van der Waals surface area contributed by atoms with E-state index in [0.717, 1.165) is 19.3 Å². The van der Waals surface area contributed by atoms with Gasteiger partial charge < -0.3 is 4.74 Å². The number of halogens is 3. The number of ether oxygens (including phenoxy) is 1. The summed E-state index contributed by atoms with van der Waals surface area (Å²) < 4.78 is 40.6. The van der Waals surface area contributed by atoms with Crippen LogP contribution in [0, 0.1) is 17.2 Å². The molecule has 0 spiro atoms. The summed E-state index contributed by atoms with van der Waals surface area (Å²) in [5.74, 6) is 0.118. The predicted molar refractivity (Wildman–Crippen MR) is 56.2 cm³/mol. The van der Waals surface area contributed by atoms with Crippen molar-refractivity contribution in [1.29, 1.82) is 5.26 Å². The number of hydrogen-bond donors (Lipinski definition) is 1. The molecule has 1 fully saturated rings. The molecule has 0 radical (unpaired) electrons. The molecular weight excluding hydrogens is 233 g/mol. The molecule has 3 nitrogen and oxygen atoms in total. The van der Waals surface area contributed by atoms with Gasteiger partial charge in [-0.05, 0) is 31.7 Å². The fraction of sp³-hybridized carbons (Fsp3) is 0.909. The highest BCUT2D eigenvalue weighted by atomic mass is 19.4. The van der Waals surface area contributed by atoms with Gasteiger partial charge in [-0.15, -0.1) is 0 Å². The smallest absolute Gasteiger partial charge is 0.369 e. The highest BCUT2D eigenvalue weighted by Crippen LogP contribution is 2.39. The third-order valence-electron chi connectivity index (χ3n) is 2.76. The van der Waals surface area contributed by atoms with Crippen LogP contribution in [0.5, 0.6) is 0 Å². The van der Waals surface area contributed by atoms with Gasteiger partial charge in [0, 0.05) is 0 Å². The third-order valence-corrected chi connectivity index (χ3v) is 2.76. The average molecular weight is 250 g/mol. The molecule has 0 amide bonds. The van der Waals surface area contributed by atoms with Crippen molar-refractivity contribution in [3.63, 3.8) is 0 Å². The molecule has 1 aliphatic rings. The van der Waals surface area contributed by atoms with Crippen LogP contribution in [0.4, 0.5) is 13.2 Å². The minimum absolute atomic E-state index is 0.118. The monoisotopic (exact) mass is 250 g/mol. The van der Waals surface area contributed by atoms with Gasteiger partial charge in [0.25, 0.3) is 0 Å². The molecule has 1 atom stereocenters. The number of hydrogen-bond acceptors (Lipinski definition) is 3. The maximum absolute atomic E-state index is 12.0. The van der Waals surface area contributed by atoms with Crippen molar-refractivity contribution in [2.75, 3.05) is 19.8 Å². The van der Waals surface area contributed by atoms with Crippen LogP contribution >= 0.6 is 0 Å². The molecular formula is C11H17F3N2O. The molecule has 1 unspecified atom stereocenters. The van der Waals surface area contributed by atoms with Crippen LogP contribution in [-0.4, -0.2) is 31.5 Å². The number of alkyl halides is 3. The van der Waals surface area contributed by atoms with Crippen molar-refractivity contribution in [3.8, 4) is 6.07 Å². The second-order valence-corrected chi connectivity index (χ2v) is 4.39. The first-order valence-corrected chi connectivity index (χ1v) is 5.74. The van der Waals surface area contributed by atoms with E-state index in [1.54, 1.807) is 0 Å². The molecule has 0 aromatic rings. The van der Waals surface area contributed by atoms with Crippen molar-refractivity contribution in [3.05, 3.63) is 0 Å². The fourth-order valence-corrected chi connectivity index (χ4v) is 1.73. The number of nitriles is 1. The van der Waals surface area contributed by atoms with E-state index >= 15 is 0 Å². The van der Waals surface area contributed by atoms with Gasteiger partial charge >= 0.3 is 6.18 Å². The Bertz CT molecular complexity index is 283. The van der Waals surface area contributed by atoms with Gasteiger partial charge in [-0.3, -0.25) is 5.32 Å². The largest absolute Gasteiger partial charge is 0.411 e. The first-order valence-electron chi connectivity index (χ1n) is 5.74. The fourth-order valence-electron chi connectivity index (χ4n) is 1.73. The Morgan fingerprint density at radius 1 is 1.35 bits per heavy atom. The van der Waals surface area contributed by atoms with Gasteiger partial charge in [-0.2, -0.15) is 18.4 Å². The van der Waals surface area contributed by atoms with Gasteiger partial charge in [-0.1, -0.05) is 6.92 Å². The molecule has 98 valence electrons. The maximum atomic E-state index is 12.0. The Morgan fingerprint density at radius 2 is 2.00 bits per heavy atom. The first kappa shape index (κ1) is 14.3. The lowest BCUT2D eigenvalue weighted by Gasteiger charge is -2.28. The van der Waals surface area contributed by atoms with E-state index in [1.807, 2.05) is 6.92 Å². The van der Waals surface area contributed by atoms with Crippen LogP contribution in [0.3, 0.4) is 0 Å². The van der Waals surface area contributed by atoms with Crippen LogP contribution < -0.4 is 5.32 Å². The van der Waals surface area contributed by atoms with Crippen molar-refractivity contribution in [2.45, 2.75) is 37.9 Å². The molecule has 0 bridgehead atoms. The Kier molecular flexibility index (Phi) is 4.78. The quantitative estimate of drug-likeness (QED) is 0.753. The summed E-state index contributed by atoms with van der Waals surface area (Å²) >= 11 is 0. The second-order valence-electron chi connectivity index (χ2n) is 4.39. The van der Waals surface area contributed by atoms with Gasteiger partial charge in [0.15, 0.2) is 0 Å². The molecule has 6 heteroatoms. The predicted octanol–water partition coefficient (Wildman–Crippen LogP) is 2.24. The zero-order valence-electron chi connectivity index (χ0n) is 9.81. The lowest BCUT2D eigenvalue weighted by atomic mass is 9.96. The van der Waals surface area contributed by atoms with E-state index in [9.17, 15) is 13.2 Å². The van der Waals surface area contributed by atoms with E-state index in [1.165, 1.54) is 0 Å². The number of nitrogens with one attached hydrogen (secondary N) is 1. The summed E-state index contributed by atoms with van der Waals surface area (Å²) in [7, 11) is 0. The SMILES string of the molecule is CCCNC(C#N)(COCC(F)(F)F)C1CC1. The van der Waals surface area contributed by atoms with Gasteiger partial charge in [0.05, 0.1) is 12.7 Å². The standard InChI is InChI=1S/C11H17F3N2O/c1-2-5-16-10(6-15,9-3-4-9)7-17-8-11(12,13)14/h9,16H,2-5,7-8H2,1H3. The van der Waals surface area contributed by atoms with Crippen LogP contribution in [0.25, 0.3) is 0 Å². The van der Waals surface area contributed by atoms with Crippen LogP contribution in [0.1, 0.15) is 26.2 Å². The number of rotatable bonds is 7. The molecule has 0 aromatic carbocycles. The first-order chi connectivity index (χ1) is 7.93. The van der Waals surface area contributed by atoms with Crippen molar-refractivity contribution < 1.29 is 17.9 Å². The summed E-state index contributed by atoms with van der Waals surface area (Å²) in [6, 6.07) is 2.10. The highest BCUT2D eigenvalue weighted by molar-refractivity contribution is 5.15. The van der Waals surface area contributed by atoms with E-state index in [2.05, 4.69) is 16.1 Å². The minimum Gasteiger partial charge on any atom is -0.369 e. The summed E-state index contributed by atoms with van der Waals surface area (Å²) in [6.45, 7) is 1.06. The molecule has 0 heterocycles. The summed E-state index contributed by atoms with van der Waals surface area (Å²) in [5.41, 5.74) is -0.943. The van der Waals surface area contributed by atoms with Gasteiger partial charge in [0.1, 0.15) is 12.1 Å². The molecule has 17 heavy (non-hydrogen) atoms. The van der Waals surface area contributed by atoms with Crippen molar-refractivity contribution in [1.82, 2.24) is 5.32 Å². The zero-order valence-corrected chi connectivity index (χ0v) is 9.81. The van der Waals surface area contributed by atoms with Crippen LogP contribution in [-0.2, 0) is 4.74 Å². The summed E-state index contributed by atoms with van der Waals surface area (Å²) in [4.78, 5) is 0. The normalized spacial score (nSPS) is 19.7. The van der Waals surface area contributed by atoms with Crippen LogP contribution in [0.15, 0.2) is 0 Å². The van der Waals surface area contributed by atoms with E-state index < -0.39 is 18.3 Å². The lowest BCUT2D eigenvalue weighted by molar-refractivity contribution is -0.177. The number of nitrogens with zero attached hydrogens (tertiary/aromatic N) is 1. The van der Waals surface area contributed by atoms with Crippen molar-refractivity contribution in [2.24, 2.45) is 5.92 Å². The topological polar surface area (TPSA) is 45.0 Å². The minimum atomic E-state index is -4.34. The van der Waals surface area contributed by atoms with E-state index in [0.29, 0.717) is 6.54 Å². The molecule has 1 N–H and O–H groups in total. The second kappa shape index (κ2) is 5.69. The van der Waals surface area contributed by atoms with Gasteiger partial charge in [0.2, 0.25) is 0 Å². The maximum Gasteiger partial charge on any atom is 0.411 e. The summed E-state index contributed by atoms with van der Waals surface area (Å²) in [6.07, 6.45) is -1.76. The zero-order chi connectivity index (χ0) is 12.9. The van der Waals surface area contributed by atoms with Crippen LogP contribution in [0.2, 0.25) is 0 Å². The Morgan fingerprint density at radius 3 is 2.41 bits per heavy atom. The van der Waals surface area contributed by atoms with Crippen molar-refractivity contribution >= 4 is 0 Å². The molecule has 1 saturated carbocycles.